The van der Waals surface area contributed by atoms with Crippen LogP contribution in [0.15, 0.2) is 134 Å². The molecular formula is C30H23N7O2. The molecule has 1 N–H and O–H groups in total. The molecule has 0 aliphatic heterocycles. The van der Waals surface area contributed by atoms with Crippen LogP contribution in [0.1, 0.15) is 27.3 Å². The van der Waals surface area contributed by atoms with E-state index in [1.165, 1.54) is 4.68 Å². The van der Waals surface area contributed by atoms with E-state index in [0.29, 0.717) is 33.5 Å². The molecule has 4 aromatic carbocycles. The van der Waals surface area contributed by atoms with Gasteiger partial charge in [0, 0.05) is 11.1 Å². The lowest BCUT2D eigenvalue weighted by molar-refractivity contribution is 0.0955. The molecular weight excluding hydrogens is 490 g/mol. The Hall–Kier alpha value is -5.57. The summed E-state index contributed by atoms with van der Waals surface area (Å²) in [6.07, 6.45) is 1.57. The van der Waals surface area contributed by atoms with Crippen molar-refractivity contribution in [1.82, 2.24) is 15.1 Å². The minimum Gasteiger partial charge on any atom is -0.267 e. The van der Waals surface area contributed by atoms with Crippen LogP contribution in [-0.4, -0.2) is 27.6 Å². The highest BCUT2D eigenvalue weighted by Gasteiger charge is 2.10. The Bertz CT molecular complexity index is 1760. The highest BCUT2D eigenvalue weighted by Crippen LogP contribution is 2.16. The predicted molar refractivity (Wildman–Crippen MR) is 152 cm³/mol. The van der Waals surface area contributed by atoms with Crippen LogP contribution < -0.4 is 11.0 Å². The second kappa shape index (κ2) is 11.7. The Morgan fingerprint density at radius 1 is 0.821 bits per heavy atom. The monoisotopic (exact) mass is 513 g/mol. The van der Waals surface area contributed by atoms with Gasteiger partial charge in [-0.3, -0.25) is 9.59 Å². The van der Waals surface area contributed by atoms with Crippen molar-refractivity contribution in [2.75, 3.05) is 0 Å². The number of carbonyl (C=O) groups excluding carboxylic acids is 1. The molecule has 0 fully saturated rings. The Kier molecular flexibility index (Phi) is 7.50. The quantitative estimate of drug-likeness (QED) is 0.141. The number of nitrogens with zero attached hydrogens (tertiary/aromatic N) is 6. The van der Waals surface area contributed by atoms with Crippen molar-refractivity contribution in [3.63, 3.8) is 0 Å². The third-order valence-corrected chi connectivity index (χ3v) is 5.71. The zero-order valence-corrected chi connectivity index (χ0v) is 21.0. The largest absolute Gasteiger partial charge is 0.282 e. The molecule has 9 heteroatoms. The van der Waals surface area contributed by atoms with Crippen molar-refractivity contribution in [2.45, 2.75) is 6.92 Å². The average molecular weight is 514 g/mol. The fraction of sp³-hybridized carbons (Fsp3) is 0.0333. The van der Waals surface area contributed by atoms with Gasteiger partial charge in [0.15, 0.2) is 0 Å². The number of amidine groups is 1. The van der Waals surface area contributed by atoms with Gasteiger partial charge in [0.2, 0.25) is 5.84 Å². The highest BCUT2D eigenvalue weighted by atomic mass is 16.2. The number of rotatable bonds is 6. The van der Waals surface area contributed by atoms with E-state index in [-0.39, 0.29) is 17.3 Å². The number of benzene rings is 4. The van der Waals surface area contributed by atoms with E-state index in [4.69, 9.17) is 0 Å². The lowest BCUT2D eigenvalue weighted by Gasteiger charge is -2.07. The number of nitrogens with one attached hydrogen (secondary N) is 1. The SMILES string of the molecule is Cc1nc2ccccc2c(=O)n1/N=C(\N=Nc1ccc(C(=O)N/N=C/c2ccccc2)cc1)c1ccccc1. The van der Waals surface area contributed by atoms with E-state index in [1.807, 2.05) is 66.7 Å². The maximum atomic E-state index is 13.1. The van der Waals surface area contributed by atoms with Crippen molar-refractivity contribution < 1.29 is 4.79 Å². The molecule has 0 saturated heterocycles. The van der Waals surface area contributed by atoms with Gasteiger partial charge < -0.3 is 0 Å². The molecule has 0 bridgehead atoms. The van der Waals surface area contributed by atoms with E-state index in [0.717, 1.165) is 5.56 Å². The van der Waals surface area contributed by atoms with Crippen LogP contribution in [0.4, 0.5) is 5.69 Å². The molecule has 5 aromatic rings. The first-order valence-electron chi connectivity index (χ1n) is 12.1. The van der Waals surface area contributed by atoms with Crippen molar-refractivity contribution in [1.29, 1.82) is 0 Å². The van der Waals surface area contributed by atoms with E-state index in [1.54, 1.807) is 55.6 Å². The fourth-order valence-electron chi connectivity index (χ4n) is 3.72. The number of carbonyl (C=O) groups is 1. The zero-order chi connectivity index (χ0) is 27.0. The molecule has 0 saturated carbocycles. The number of amides is 1. The summed E-state index contributed by atoms with van der Waals surface area (Å²) in [7, 11) is 0. The van der Waals surface area contributed by atoms with Crippen LogP contribution in [0.25, 0.3) is 10.9 Å². The number of hydrogen-bond acceptors (Lipinski definition) is 6. The fourth-order valence-corrected chi connectivity index (χ4v) is 3.72. The highest BCUT2D eigenvalue weighted by molar-refractivity contribution is 5.99. The second-order valence-electron chi connectivity index (χ2n) is 8.44. The van der Waals surface area contributed by atoms with Crippen LogP contribution in [0.3, 0.4) is 0 Å². The number of aryl methyl sites for hydroxylation is 1. The Morgan fingerprint density at radius 2 is 1.49 bits per heavy atom. The Balaban J connectivity index is 1.39. The van der Waals surface area contributed by atoms with E-state index < -0.39 is 0 Å². The van der Waals surface area contributed by atoms with Gasteiger partial charge >= 0.3 is 0 Å². The molecule has 190 valence electrons. The molecule has 39 heavy (non-hydrogen) atoms. The predicted octanol–water partition coefficient (Wildman–Crippen LogP) is 5.46. The molecule has 0 unspecified atom stereocenters. The number of azo groups is 1. The number of para-hydroxylation sites is 1. The van der Waals surface area contributed by atoms with Gasteiger partial charge in [-0.1, -0.05) is 72.8 Å². The molecule has 1 amide bonds. The van der Waals surface area contributed by atoms with E-state index in [9.17, 15) is 9.59 Å². The first-order chi connectivity index (χ1) is 19.1. The van der Waals surface area contributed by atoms with Gasteiger partial charge in [-0.2, -0.15) is 9.78 Å². The second-order valence-corrected chi connectivity index (χ2v) is 8.44. The minimum atomic E-state index is -0.351. The molecule has 9 nitrogen and oxygen atoms in total. The molecule has 1 heterocycles. The van der Waals surface area contributed by atoms with Crippen LogP contribution >= 0.6 is 0 Å². The standard InChI is InChI=1S/C30H23N7O2/c1-21-32-27-15-9-8-14-26(27)30(39)37(21)36-28(23-12-6-3-7-13-23)34-33-25-18-16-24(17-19-25)29(38)35-31-20-22-10-4-2-5-11-22/h2-20H,1H3,(H,35,38)/b31-20+,34-33?,36-28-. The van der Waals surface area contributed by atoms with Crippen LogP contribution in [-0.2, 0) is 0 Å². The summed E-state index contributed by atoms with van der Waals surface area (Å²) in [5, 5.41) is 17.6. The van der Waals surface area contributed by atoms with Gasteiger partial charge in [0.1, 0.15) is 5.82 Å². The van der Waals surface area contributed by atoms with Gasteiger partial charge in [0.05, 0.1) is 22.8 Å². The molecule has 0 atom stereocenters. The topological polar surface area (TPSA) is 113 Å². The number of hydrazone groups is 1. The Morgan fingerprint density at radius 3 is 2.23 bits per heavy atom. The van der Waals surface area contributed by atoms with E-state index in [2.05, 4.69) is 30.8 Å². The van der Waals surface area contributed by atoms with Crippen molar-refractivity contribution in [2.24, 2.45) is 20.4 Å². The lowest BCUT2D eigenvalue weighted by atomic mass is 10.2. The lowest BCUT2D eigenvalue weighted by Crippen LogP contribution is -2.22. The molecule has 0 radical (unpaired) electrons. The van der Waals surface area contributed by atoms with Crippen LogP contribution in [0.5, 0.6) is 0 Å². The third kappa shape index (κ3) is 6.05. The van der Waals surface area contributed by atoms with Gasteiger partial charge in [-0.25, -0.2) is 10.4 Å². The summed E-state index contributed by atoms with van der Waals surface area (Å²) in [5.74, 6) is 0.304. The molecule has 0 spiro atoms. The van der Waals surface area contributed by atoms with Gasteiger partial charge in [-0.15, -0.1) is 15.3 Å². The third-order valence-electron chi connectivity index (χ3n) is 5.71. The van der Waals surface area contributed by atoms with Crippen molar-refractivity contribution >= 4 is 34.5 Å². The maximum Gasteiger partial charge on any atom is 0.282 e. The summed E-state index contributed by atoms with van der Waals surface area (Å²) < 4.78 is 1.23. The minimum absolute atomic E-state index is 0.231. The van der Waals surface area contributed by atoms with Gasteiger partial charge in [-0.05, 0) is 48.9 Å². The molecule has 0 aliphatic carbocycles. The van der Waals surface area contributed by atoms with E-state index >= 15 is 0 Å². The average Bonchev–Trinajstić information content (AvgIpc) is 2.98. The van der Waals surface area contributed by atoms with Crippen LogP contribution in [0, 0.1) is 6.92 Å². The normalized spacial score (nSPS) is 11.9. The first-order valence-corrected chi connectivity index (χ1v) is 12.1. The van der Waals surface area contributed by atoms with Crippen molar-refractivity contribution in [3.05, 3.63) is 142 Å². The zero-order valence-electron chi connectivity index (χ0n) is 21.0. The Labute approximate surface area is 223 Å². The summed E-state index contributed by atoms with van der Waals surface area (Å²) >= 11 is 0. The first kappa shape index (κ1) is 25.1. The molecule has 0 aliphatic rings. The number of hydrogen-bond donors (Lipinski definition) is 1. The molecule has 5 rings (SSSR count). The smallest absolute Gasteiger partial charge is 0.267 e. The number of aromatic nitrogens is 2. The maximum absolute atomic E-state index is 13.1. The summed E-state index contributed by atoms with van der Waals surface area (Å²) in [5.41, 5.74) is 5.28. The summed E-state index contributed by atoms with van der Waals surface area (Å²) in [4.78, 5) is 30.1. The van der Waals surface area contributed by atoms with Gasteiger partial charge in [0.25, 0.3) is 11.5 Å². The molecule has 1 aromatic heterocycles. The number of fused-ring (bicyclic) bond motifs is 1. The van der Waals surface area contributed by atoms with Crippen LogP contribution in [0.2, 0.25) is 0 Å². The summed E-state index contributed by atoms with van der Waals surface area (Å²) in [6.45, 7) is 1.71. The summed E-state index contributed by atoms with van der Waals surface area (Å²) in [6, 6.07) is 32.4. The van der Waals surface area contributed by atoms with Crippen molar-refractivity contribution in [3.8, 4) is 0 Å².